The van der Waals surface area contributed by atoms with Gasteiger partial charge >= 0.3 is 17.8 Å². The molecule has 1 heterocycles. The van der Waals surface area contributed by atoms with Crippen molar-refractivity contribution in [3.8, 4) is 0 Å². The first-order chi connectivity index (χ1) is 9.32. The Hall–Kier alpha value is -2.64. The van der Waals surface area contributed by atoms with Gasteiger partial charge in [0.1, 0.15) is 11.6 Å². The number of rotatable bonds is 3. The Balaban J connectivity index is 2.22. The van der Waals surface area contributed by atoms with E-state index in [-0.39, 0.29) is 0 Å². The van der Waals surface area contributed by atoms with Gasteiger partial charge < -0.3 is 0 Å². The van der Waals surface area contributed by atoms with Crippen LogP contribution in [-0.4, -0.2) is 47.0 Å². The third-order valence-corrected chi connectivity index (χ3v) is 2.78. The molecule has 0 aromatic heterocycles. The molecule has 0 atom stereocenters. The first-order valence-corrected chi connectivity index (χ1v) is 5.44. The zero-order valence-electron chi connectivity index (χ0n) is 10.2. The normalized spacial score (nSPS) is 15.2. The van der Waals surface area contributed by atoms with Crippen molar-refractivity contribution in [1.82, 2.24) is 9.80 Å². The highest BCUT2D eigenvalue weighted by molar-refractivity contribution is 6.45. The lowest BCUT2D eigenvalue weighted by molar-refractivity contribution is -0.142. The van der Waals surface area contributed by atoms with E-state index in [0.717, 1.165) is 19.2 Å². The van der Waals surface area contributed by atoms with Gasteiger partial charge in [0.05, 0.1) is 12.1 Å². The maximum Gasteiger partial charge on any atom is 0.334 e. The fraction of sp³-hybridized carbons (Fsp3) is 0.167. The summed E-state index contributed by atoms with van der Waals surface area (Å²) in [4.78, 5) is 47.0. The fourth-order valence-electron chi connectivity index (χ4n) is 1.70. The number of carbonyl (C=O) groups is 4. The topological polar surface area (TPSA) is 74.8 Å². The fourth-order valence-corrected chi connectivity index (χ4v) is 1.70. The van der Waals surface area contributed by atoms with Crippen molar-refractivity contribution in [3.05, 3.63) is 35.4 Å². The van der Waals surface area contributed by atoms with Gasteiger partial charge in [-0.15, -0.1) is 0 Å². The summed E-state index contributed by atoms with van der Waals surface area (Å²) in [5.41, 5.74) is -0.464. The zero-order valence-corrected chi connectivity index (χ0v) is 10.2. The van der Waals surface area contributed by atoms with Crippen molar-refractivity contribution >= 4 is 23.6 Å². The molecule has 0 spiro atoms. The van der Waals surface area contributed by atoms with Crippen molar-refractivity contribution in [2.45, 2.75) is 0 Å². The SMILES string of the molecule is CN1C(=O)C(=O)N(CC(=O)c2ccc(F)cc2F)C1=O. The number of ketones is 1. The third kappa shape index (κ3) is 2.15. The molecular formula is C12H8F2N2O4. The molecule has 0 saturated carbocycles. The molecule has 104 valence electrons. The van der Waals surface area contributed by atoms with E-state index >= 15 is 0 Å². The lowest BCUT2D eigenvalue weighted by Crippen LogP contribution is -2.36. The van der Waals surface area contributed by atoms with Gasteiger partial charge in [-0.2, -0.15) is 0 Å². The summed E-state index contributed by atoms with van der Waals surface area (Å²) in [6, 6.07) is 1.33. The minimum Gasteiger partial charge on any atom is -0.292 e. The summed E-state index contributed by atoms with van der Waals surface area (Å²) in [6.45, 7) is -0.781. The monoisotopic (exact) mass is 282 g/mol. The molecule has 0 N–H and O–H groups in total. The first kappa shape index (κ1) is 13.8. The number of hydrogen-bond acceptors (Lipinski definition) is 4. The van der Waals surface area contributed by atoms with Crippen LogP contribution in [0.3, 0.4) is 0 Å². The maximum atomic E-state index is 13.4. The highest BCUT2D eigenvalue weighted by atomic mass is 19.1. The van der Waals surface area contributed by atoms with Crippen LogP contribution in [0.2, 0.25) is 0 Å². The van der Waals surface area contributed by atoms with Crippen molar-refractivity contribution in [2.24, 2.45) is 0 Å². The molecule has 0 bridgehead atoms. The van der Waals surface area contributed by atoms with Crippen LogP contribution in [0.4, 0.5) is 13.6 Å². The second-order valence-electron chi connectivity index (χ2n) is 4.09. The maximum absolute atomic E-state index is 13.4. The van der Waals surface area contributed by atoms with Crippen LogP contribution in [0.25, 0.3) is 0 Å². The number of halogens is 2. The predicted octanol–water partition coefficient (Wildman–Crippen LogP) is 0.568. The average Bonchev–Trinajstić information content (AvgIpc) is 2.56. The van der Waals surface area contributed by atoms with Crippen LogP contribution in [0.1, 0.15) is 10.4 Å². The molecule has 1 saturated heterocycles. The number of imide groups is 2. The first-order valence-electron chi connectivity index (χ1n) is 5.44. The van der Waals surface area contributed by atoms with E-state index in [0.29, 0.717) is 15.9 Å². The van der Waals surface area contributed by atoms with Crippen molar-refractivity contribution in [3.63, 3.8) is 0 Å². The summed E-state index contributed by atoms with van der Waals surface area (Å²) in [6.07, 6.45) is 0. The minimum absolute atomic E-state index is 0.410. The lowest BCUT2D eigenvalue weighted by atomic mass is 10.1. The highest BCUT2D eigenvalue weighted by Crippen LogP contribution is 2.14. The van der Waals surface area contributed by atoms with Gasteiger partial charge in [0.2, 0.25) is 0 Å². The Labute approximate surface area is 111 Å². The van der Waals surface area contributed by atoms with Gasteiger partial charge in [-0.3, -0.25) is 19.3 Å². The van der Waals surface area contributed by atoms with Gasteiger partial charge in [-0.05, 0) is 12.1 Å². The summed E-state index contributed by atoms with van der Waals surface area (Å²) >= 11 is 0. The number of carbonyl (C=O) groups excluding carboxylic acids is 4. The number of Topliss-reactive ketones (excluding diaryl/α,β-unsaturated/α-hetero) is 1. The van der Waals surface area contributed by atoms with E-state index in [1.54, 1.807) is 0 Å². The molecule has 2 rings (SSSR count). The third-order valence-electron chi connectivity index (χ3n) is 2.78. The summed E-state index contributed by atoms with van der Waals surface area (Å²) < 4.78 is 26.1. The number of likely N-dealkylation sites (N-methyl/N-ethyl adjacent to an activating group) is 1. The molecule has 1 aliphatic rings. The number of nitrogens with zero attached hydrogens (tertiary/aromatic N) is 2. The molecule has 1 fully saturated rings. The molecule has 4 amide bonds. The molecule has 0 aliphatic carbocycles. The van der Waals surface area contributed by atoms with Gasteiger partial charge in [0.25, 0.3) is 0 Å². The van der Waals surface area contributed by atoms with Crippen LogP contribution >= 0.6 is 0 Å². The number of amides is 4. The van der Waals surface area contributed by atoms with E-state index < -0.39 is 47.4 Å². The van der Waals surface area contributed by atoms with Crippen molar-refractivity contribution in [1.29, 1.82) is 0 Å². The van der Waals surface area contributed by atoms with E-state index in [1.807, 2.05) is 0 Å². The quantitative estimate of drug-likeness (QED) is 0.461. The average molecular weight is 282 g/mol. The predicted molar refractivity (Wildman–Crippen MR) is 60.6 cm³/mol. The summed E-state index contributed by atoms with van der Waals surface area (Å²) in [5.74, 6) is -5.10. The van der Waals surface area contributed by atoms with Crippen LogP contribution in [0.5, 0.6) is 0 Å². The Morgan fingerprint density at radius 3 is 2.30 bits per heavy atom. The van der Waals surface area contributed by atoms with Gasteiger partial charge in [-0.1, -0.05) is 0 Å². The van der Waals surface area contributed by atoms with Crippen molar-refractivity contribution < 1.29 is 28.0 Å². The van der Waals surface area contributed by atoms with Crippen LogP contribution in [0, 0.1) is 11.6 Å². The summed E-state index contributed by atoms with van der Waals surface area (Å²) in [5, 5.41) is 0. The van der Waals surface area contributed by atoms with Gasteiger partial charge in [0.15, 0.2) is 5.78 Å². The van der Waals surface area contributed by atoms with E-state index in [9.17, 15) is 28.0 Å². The molecule has 1 aromatic carbocycles. The molecule has 20 heavy (non-hydrogen) atoms. The van der Waals surface area contributed by atoms with Gasteiger partial charge in [0, 0.05) is 13.1 Å². The lowest BCUT2D eigenvalue weighted by Gasteiger charge is -2.12. The molecule has 6 nitrogen and oxygen atoms in total. The number of urea groups is 1. The number of hydrogen-bond donors (Lipinski definition) is 0. The Bertz CT molecular complexity index is 644. The highest BCUT2D eigenvalue weighted by Gasteiger charge is 2.43. The molecular weight excluding hydrogens is 274 g/mol. The number of benzene rings is 1. The van der Waals surface area contributed by atoms with Crippen LogP contribution in [-0.2, 0) is 9.59 Å². The van der Waals surface area contributed by atoms with Crippen LogP contribution < -0.4 is 0 Å². The molecule has 0 radical (unpaired) electrons. The Morgan fingerprint density at radius 2 is 1.80 bits per heavy atom. The van der Waals surface area contributed by atoms with E-state index in [1.165, 1.54) is 0 Å². The second-order valence-corrected chi connectivity index (χ2v) is 4.09. The van der Waals surface area contributed by atoms with E-state index in [2.05, 4.69) is 0 Å². The Morgan fingerprint density at radius 1 is 1.15 bits per heavy atom. The minimum atomic E-state index is -1.16. The van der Waals surface area contributed by atoms with Crippen molar-refractivity contribution in [2.75, 3.05) is 13.6 Å². The second kappa shape index (κ2) is 4.80. The molecule has 1 aromatic rings. The molecule has 8 heteroatoms. The summed E-state index contributed by atoms with van der Waals surface area (Å²) in [7, 11) is 1.09. The molecule has 1 aliphatic heterocycles. The standard InChI is InChI=1S/C12H8F2N2O4/c1-15-10(18)11(19)16(12(15)20)5-9(17)7-3-2-6(13)4-8(7)14/h2-4H,5H2,1H3. The van der Waals surface area contributed by atoms with Gasteiger partial charge in [-0.25, -0.2) is 18.5 Å². The Kier molecular flexibility index (Phi) is 3.31. The largest absolute Gasteiger partial charge is 0.334 e. The smallest absolute Gasteiger partial charge is 0.292 e. The zero-order chi connectivity index (χ0) is 15.0. The van der Waals surface area contributed by atoms with Crippen LogP contribution in [0.15, 0.2) is 18.2 Å². The van der Waals surface area contributed by atoms with E-state index in [4.69, 9.17) is 0 Å². The molecule has 0 unspecified atom stereocenters.